The van der Waals surface area contributed by atoms with Crippen molar-refractivity contribution in [3.05, 3.63) is 46.0 Å². The first-order valence-electron chi connectivity index (χ1n) is 6.39. The molecule has 0 N–H and O–H groups in total. The third-order valence-corrected chi connectivity index (χ3v) is 2.22. The molecule has 0 fully saturated rings. The summed E-state index contributed by atoms with van der Waals surface area (Å²) in [6.07, 6.45) is 0.0772. The summed E-state index contributed by atoms with van der Waals surface area (Å²) in [5, 5.41) is 10.2. The van der Waals surface area contributed by atoms with Crippen molar-refractivity contribution in [1.82, 2.24) is 0 Å². The lowest BCUT2D eigenvalue weighted by Gasteiger charge is -2.07. The van der Waals surface area contributed by atoms with E-state index in [9.17, 15) is 14.9 Å². The van der Waals surface area contributed by atoms with Crippen LogP contribution >= 0.6 is 0 Å². The van der Waals surface area contributed by atoms with Gasteiger partial charge in [-0.15, -0.1) is 0 Å². The van der Waals surface area contributed by atoms with Crippen LogP contribution < -0.4 is 0 Å². The van der Waals surface area contributed by atoms with Gasteiger partial charge in [-0.3, -0.25) is 14.9 Å². The molecule has 1 aromatic carbocycles. The van der Waals surface area contributed by atoms with Crippen molar-refractivity contribution in [2.24, 2.45) is 5.92 Å². The second-order valence-corrected chi connectivity index (χ2v) is 3.97. The molecular formula is C14H21NO4. The van der Waals surface area contributed by atoms with Gasteiger partial charge >= 0.3 is 5.97 Å². The number of ether oxygens (including phenoxy) is 1. The maximum absolute atomic E-state index is 11.4. The molecule has 19 heavy (non-hydrogen) atoms. The summed E-state index contributed by atoms with van der Waals surface area (Å²) in [5.41, 5.74) is 0.905. The number of esters is 1. The number of benzene rings is 1. The third-order valence-electron chi connectivity index (χ3n) is 2.22. The van der Waals surface area contributed by atoms with E-state index in [0.717, 1.165) is 5.56 Å². The van der Waals surface area contributed by atoms with Crippen molar-refractivity contribution in [2.45, 2.75) is 33.8 Å². The lowest BCUT2D eigenvalue weighted by Crippen LogP contribution is -2.16. The van der Waals surface area contributed by atoms with Gasteiger partial charge in [0.05, 0.1) is 6.42 Å². The highest BCUT2D eigenvalue weighted by atomic mass is 16.6. The van der Waals surface area contributed by atoms with Crippen molar-refractivity contribution in [3.8, 4) is 0 Å². The van der Waals surface area contributed by atoms with Crippen LogP contribution in [0.2, 0.25) is 0 Å². The summed E-state index contributed by atoms with van der Waals surface area (Å²) in [4.78, 5) is 21.2. The number of rotatable bonds is 6. The standard InChI is InChI=1S/C12H15NO4.C2H6/c1-10(8-13(15)16)7-12(14)17-9-11-5-3-2-4-6-11;1-2/h2-6,10H,7-9H2,1H3;1-2H3. The molecule has 0 amide bonds. The lowest BCUT2D eigenvalue weighted by molar-refractivity contribution is -0.487. The molecule has 0 aliphatic rings. The molecule has 5 heteroatoms. The van der Waals surface area contributed by atoms with Gasteiger partial charge in [-0.25, -0.2) is 0 Å². The first kappa shape index (κ1) is 17.1. The van der Waals surface area contributed by atoms with Gasteiger partial charge in [0.1, 0.15) is 6.61 Å². The predicted molar refractivity (Wildman–Crippen MR) is 73.2 cm³/mol. The molecule has 5 nitrogen and oxygen atoms in total. The molecule has 0 aliphatic carbocycles. The van der Waals surface area contributed by atoms with Crippen molar-refractivity contribution in [2.75, 3.05) is 6.54 Å². The molecule has 106 valence electrons. The minimum absolute atomic E-state index is 0.0772. The smallest absolute Gasteiger partial charge is 0.306 e. The van der Waals surface area contributed by atoms with Crippen LogP contribution in [0.4, 0.5) is 0 Å². The third kappa shape index (κ3) is 8.77. The summed E-state index contributed by atoms with van der Waals surface area (Å²) >= 11 is 0. The zero-order valence-electron chi connectivity index (χ0n) is 11.7. The maximum atomic E-state index is 11.4. The Balaban J connectivity index is 0.00000154. The fourth-order valence-corrected chi connectivity index (χ4v) is 1.40. The molecule has 0 saturated heterocycles. The van der Waals surface area contributed by atoms with Gasteiger partial charge in [0.2, 0.25) is 6.54 Å². The van der Waals surface area contributed by atoms with Crippen molar-refractivity contribution in [3.63, 3.8) is 0 Å². The Labute approximate surface area is 113 Å². The Morgan fingerprint density at radius 1 is 1.32 bits per heavy atom. The average molecular weight is 267 g/mol. The Bertz CT molecular complexity index is 378. The van der Waals surface area contributed by atoms with E-state index in [0.29, 0.717) is 0 Å². The summed E-state index contributed by atoms with van der Waals surface area (Å²) in [5.74, 6) is -0.698. The number of carbonyl (C=O) groups excluding carboxylic acids is 1. The van der Waals surface area contributed by atoms with Crippen molar-refractivity contribution >= 4 is 5.97 Å². The fraction of sp³-hybridized carbons (Fsp3) is 0.500. The minimum atomic E-state index is -0.421. The SMILES string of the molecule is CC.CC(CC(=O)OCc1ccccc1)C[N+](=O)[O-]. The second kappa shape index (κ2) is 10.1. The molecule has 0 aromatic heterocycles. The Morgan fingerprint density at radius 2 is 1.89 bits per heavy atom. The first-order chi connectivity index (χ1) is 9.08. The van der Waals surface area contributed by atoms with E-state index >= 15 is 0 Å². The summed E-state index contributed by atoms with van der Waals surface area (Å²) in [6.45, 7) is 5.66. The van der Waals surface area contributed by atoms with Crippen molar-refractivity contribution in [1.29, 1.82) is 0 Å². The van der Waals surface area contributed by atoms with E-state index in [-0.39, 0.29) is 25.5 Å². The summed E-state index contributed by atoms with van der Waals surface area (Å²) in [7, 11) is 0. The molecule has 1 unspecified atom stereocenters. The van der Waals surface area contributed by atoms with Gasteiger partial charge < -0.3 is 4.74 Å². The fourth-order valence-electron chi connectivity index (χ4n) is 1.40. The van der Waals surface area contributed by atoms with Crippen LogP contribution in [0.5, 0.6) is 0 Å². The minimum Gasteiger partial charge on any atom is -0.461 e. The van der Waals surface area contributed by atoms with Crippen LogP contribution in [-0.4, -0.2) is 17.4 Å². The normalized spacial score (nSPS) is 10.9. The van der Waals surface area contributed by atoms with Crippen LogP contribution in [0.25, 0.3) is 0 Å². The molecule has 0 aliphatic heterocycles. The van der Waals surface area contributed by atoms with Crippen LogP contribution in [0, 0.1) is 16.0 Å². The number of nitro groups is 1. The summed E-state index contributed by atoms with van der Waals surface area (Å²) in [6, 6.07) is 9.31. The maximum Gasteiger partial charge on any atom is 0.306 e. The molecule has 1 rings (SSSR count). The molecule has 0 bridgehead atoms. The molecular weight excluding hydrogens is 246 g/mol. The number of hydrogen-bond donors (Lipinski definition) is 0. The number of hydrogen-bond acceptors (Lipinski definition) is 4. The predicted octanol–water partition coefficient (Wildman–Crippen LogP) is 3.06. The highest BCUT2D eigenvalue weighted by Crippen LogP contribution is 2.06. The average Bonchev–Trinajstić information content (AvgIpc) is 2.39. The zero-order chi connectivity index (χ0) is 14.7. The van der Waals surface area contributed by atoms with E-state index in [2.05, 4.69) is 0 Å². The Morgan fingerprint density at radius 3 is 2.42 bits per heavy atom. The molecule has 0 spiro atoms. The molecule has 1 aromatic rings. The van der Waals surface area contributed by atoms with Crippen LogP contribution in [-0.2, 0) is 16.1 Å². The van der Waals surface area contributed by atoms with E-state index < -0.39 is 10.9 Å². The highest BCUT2D eigenvalue weighted by molar-refractivity contribution is 5.69. The van der Waals surface area contributed by atoms with Gasteiger partial charge in [0.15, 0.2) is 0 Å². The zero-order valence-corrected chi connectivity index (χ0v) is 11.7. The largest absolute Gasteiger partial charge is 0.461 e. The van der Waals surface area contributed by atoms with Gasteiger partial charge in [-0.2, -0.15) is 0 Å². The van der Waals surface area contributed by atoms with Gasteiger partial charge in [-0.1, -0.05) is 51.1 Å². The number of nitrogens with zero attached hydrogens (tertiary/aromatic N) is 1. The van der Waals surface area contributed by atoms with E-state index in [1.807, 2.05) is 44.2 Å². The second-order valence-electron chi connectivity index (χ2n) is 3.97. The molecule has 0 heterocycles. The van der Waals surface area contributed by atoms with Crippen molar-refractivity contribution < 1.29 is 14.5 Å². The molecule has 0 radical (unpaired) electrons. The Kier molecular flexibility index (Phi) is 9.04. The van der Waals surface area contributed by atoms with Crippen LogP contribution in [0.1, 0.15) is 32.8 Å². The number of carbonyl (C=O) groups is 1. The topological polar surface area (TPSA) is 69.4 Å². The highest BCUT2D eigenvalue weighted by Gasteiger charge is 2.15. The Hall–Kier alpha value is -1.91. The van der Waals surface area contributed by atoms with Gasteiger partial charge in [0, 0.05) is 10.8 Å². The van der Waals surface area contributed by atoms with Crippen LogP contribution in [0.15, 0.2) is 30.3 Å². The van der Waals surface area contributed by atoms with Gasteiger partial charge in [0.25, 0.3) is 0 Å². The molecule has 0 saturated carbocycles. The molecule has 1 atom stereocenters. The van der Waals surface area contributed by atoms with E-state index in [4.69, 9.17) is 4.74 Å². The van der Waals surface area contributed by atoms with Gasteiger partial charge in [-0.05, 0) is 5.56 Å². The first-order valence-corrected chi connectivity index (χ1v) is 6.39. The van der Waals surface area contributed by atoms with E-state index in [1.165, 1.54) is 0 Å². The van der Waals surface area contributed by atoms with E-state index in [1.54, 1.807) is 6.92 Å². The lowest BCUT2D eigenvalue weighted by atomic mass is 10.1. The quantitative estimate of drug-likeness (QED) is 0.451. The van der Waals surface area contributed by atoms with Crippen LogP contribution in [0.3, 0.4) is 0 Å². The monoisotopic (exact) mass is 267 g/mol. The summed E-state index contributed by atoms with van der Waals surface area (Å²) < 4.78 is 5.02.